The van der Waals surface area contributed by atoms with E-state index >= 15 is 0 Å². The highest BCUT2D eigenvalue weighted by molar-refractivity contribution is 5.75. The van der Waals surface area contributed by atoms with E-state index < -0.39 is 0 Å². The summed E-state index contributed by atoms with van der Waals surface area (Å²) in [5.41, 5.74) is 5.54. The summed E-state index contributed by atoms with van der Waals surface area (Å²) >= 11 is 0. The molecule has 0 spiro atoms. The third-order valence-corrected chi connectivity index (χ3v) is 5.35. The van der Waals surface area contributed by atoms with Crippen LogP contribution in [-0.4, -0.2) is 29.7 Å². The molecule has 0 fully saturated rings. The molecule has 0 atom stereocenters. The number of hydrogen-bond acceptors (Lipinski definition) is 2. The lowest BCUT2D eigenvalue weighted by Crippen LogP contribution is -2.29. The topological polar surface area (TPSA) is 37.4 Å². The number of carbonyl (C=O) groups excluding carboxylic acids is 2. The highest BCUT2D eigenvalue weighted by atomic mass is 16.2. The molecule has 0 aliphatic carbocycles. The van der Waals surface area contributed by atoms with Gasteiger partial charge >= 0.3 is 0 Å². The van der Waals surface area contributed by atoms with Crippen LogP contribution in [-0.2, 0) is 9.59 Å². The molecule has 0 aliphatic heterocycles. The Morgan fingerprint density at radius 3 is 1.30 bits per heavy atom. The molecule has 0 aromatic heterocycles. The predicted molar refractivity (Wildman–Crippen MR) is 131 cm³/mol. The highest BCUT2D eigenvalue weighted by Crippen LogP contribution is 2.14. The van der Waals surface area contributed by atoms with E-state index in [1.165, 1.54) is 22.3 Å². The minimum absolute atomic E-state index is 0.143. The lowest BCUT2D eigenvalue weighted by Gasteiger charge is -2.19. The maximum Gasteiger partial charge on any atom is 0.219 e. The van der Waals surface area contributed by atoms with Crippen molar-refractivity contribution in [3.05, 3.63) is 46.6 Å². The van der Waals surface area contributed by atoms with Crippen LogP contribution in [0.5, 0.6) is 0 Å². The van der Waals surface area contributed by atoms with E-state index in [-0.39, 0.29) is 11.7 Å². The first-order valence-electron chi connectivity index (χ1n) is 11.5. The number of Topliss-reactive ketones (excluding diaryl/α,β-unsaturated/α-hetero) is 1. The number of carbonyl (C=O) groups is 2. The average Bonchev–Trinajstić information content (AvgIpc) is 2.65. The van der Waals surface area contributed by atoms with Gasteiger partial charge in [-0.05, 0) is 86.5 Å². The number of rotatable bonds is 15. The second-order valence-electron chi connectivity index (χ2n) is 8.59. The van der Waals surface area contributed by atoms with Crippen LogP contribution in [0, 0.1) is 0 Å². The molecule has 30 heavy (non-hydrogen) atoms. The van der Waals surface area contributed by atoms with Gasteiger partial charge in [-0.1, -0.05) is 46.6 Å². The van der Waals surface area contributed by atoms with Crippen LogP contribution in [0.1, 0.15) is 99.8 Å². The van der Waals surface area contributed by atoms with Crippen LogP contribution < -0.4 is 0 Å². The second kappa shape index (κ2) is 16.8. The summed E-state index contributed by atoms with van der Waals surface area (Å²) in [6.45, 7) is 15.5. The Bertz CT molecular complexity index is 650. The molecule has 0 aromatic carbocycles. The van der Waals surface area contributed by atoms with Crippen molar-refractivity contribution in [3.63, 3.8) is 0 Å². The smallest absolute Gasteiger partial charge is 0.219 e. The number of hydrogen-bond donors (Lipinski definition) is 0. The van der Waals surface area contributed by atoms with Crippen LogP contribution in [0.3, 0.4) is 0 Å². The lowest BCUT2D eigenvalue weighted by molar-refractivity contribution is -0.128. The fourth-order valence-electron chi connectivity index (χ4n) is 3.28. The molecule has 0 saturated carbocycles. The van der Waals surface area contributed by atoms with Crippen molar-refractivity contribution in [3.8, 4) is 0 Å². The first kappa shape index (κ1) is 28.1. The summed E-state index contributed by atoms with van der Waals surface area (Å²) < 4.78 is 0. The summed E-state index contributed by atoms with van der Waals surface area (Å²) in [6.07, 6.45) is 17.2. The van der Waals surface area contributed by atoms with E-state index in [4.69, 9.17) is 0 Å². The van der Waals surface area contributed by atoms with Crippen LogP contribution in [0.25, 0.3) is 0 Å². The molecule has 0 bridgehead atoms. The Morgan fingerprint density at radius 1 is 0.600 bits per heavy atom. The number of allylic oxidation sites excluding steroid dienone is 7. The zero-order valence-electron chi connectivity index (χ0n) is 20.6. The molecule has 3 nitrogen and oxygen atoms in total. The number of likely N-dealkylation sites (N-methyl/N-ethyl adjacent to an activating group) is 1. The quantitative estimate of drug-likeness (QED) is 0.262. The minimum atomic E-state index is 0.143. The molecule has 0 rings (SSSR count). The standard InChI is InChI=1S/C27H45NO2/c1-8-28(27(7)30)21-25(5)19-11-17-23(3)15-9-13-22(2)14-10-16-24(4)18-12-20-26(6)29/h14-15,18-19H,8-13,16-17,20-21H2,1-7H3. The normalized spacial score (nSPS) is 13.6. The van der Waals surface area contributed by atoms with Crippen molar-refractivity contribution >= 4 is 11.7 Å². The molecule has 1 amide bonds. The zero-order chi connectivity index (χ0) is 22.9. The van der Waals surface area contributed by atoms with Crippen molar-refractivity contribution in [1.29, 1.82) is 0 Å². The van der Waals surface area contributed by atoms with E-state index in [0.29, 0.717) is 6.42 Å². The van der Waals surface area contributed by atoms with Crippen LogP contribution >= 0.6 is 0 Å². The molecule has 170 valence electrons. The van der Waals surface area contributed by atoms with Gasteiger partial charge in [0.25, 0.3) is 0 Å². The fourth-order valence-corrected chi connectivity index (χ4v) is 3.28. The van der Waals surface area contributed by atoms with Crippen LogP contribution in [0.4, 0.5) is 0 Å². The Morgan fingerprint density at radius 2 is 0.967 bits per heavy atom. The zero-order valence-corrected chi connectivity index (χ0v) is 20.6. The SMILES string of the molecule is CCN(CC(C)=CCCC(C)=CCCC(C)=CCCC(C)=CCCC(C)=O)C(C)=O. The average molecular weight is 416 g/mol. The van der Waals surface area contributed by atoms with Crippen molar-refractivity contribution in [2.75, 3.05) is 13.1 Å². The van der Waals surface area contributed by atoms with Gasteiger partial charge < -0.3 is 9.69 Å². The van der Waals surface area contributed by atoms with E-state index in [9.17, 15) is 9.59 Å². The molecule has 0 radical (unpaired) electrons. The molecule has 0 unspecified atom stereocenters. The third kappa shape index (κ3) is 16.0. The van der Waals surface area contributed by atoms with Crippen molar-refractivity contribution < 1.29 is 9.59 Å². The Kier molecular flexibility index (Phi) is 15.8. The summed E-state index contributed by atoms with van der Waals surface area (Å²) in [5.74, 6) is 0.407. The van der Waals surface area contributed by atoms with Gasteiger partial charge in [0.15, 0.2) is 0 Å². The van der Waals surface area contributed by atoms with Crippen molar-refractivity contribution in [1.82, 2.24) is 4.90 Å². The molecule has 0 aliphatic rings. The highest BCUT2D eigenvalue weighted by Gasteiger charge is 2.05. The first-order valence-corrected chi connectivity index (χ1v) is 11.5. The lowest BCUT2D eigenvalue weighted by atomic mass is 10.0. The Balaban J connectivity index is 4.17. The van der Waals surface area contributed by atoms with Gasteiger partial charge in [-0.3, -0.25) is 4.79 Å². The van der Waals surface area contributed by atoms with Crippen LogP contribution in [0.2, 0.25) is 0 Å². The van der Waals surface area contributed by atoms with Gasteiger partial charge in [0, 0.05) is 26.4 Å². The van der Waals surface area contributed by atoms with Crippen molar-refractivity contribution in [2.45, 2.75) is 99.8 Å². The van der Waals surface area contributed by atoms with E-state index in [0.717, 1.165) is 58.0 Å². The third-order valence-electron chi connectivity index (χ3n) is 5.35. The molecule has 0 N–H and O–H groups in total. The van der Waals surface area contributed by atoms with Gasteiger partial charge in [-0.2, -0.15) is 0 Å². The number of amides is 1. The summed E-state index contributed by atoms with van der Waals surface area (Å²) in [5, 5.41) is 0. The van der Waals surface area contributed by atoms with Gasteiger partial charge in [0.05, 0.1) is 0 Å². The maximum atomic E-state index is 11.5. The summed E-state index contributed by atoms with van der Waals surface area (Å²) in [4.78, 5) is 24.3. The monoisotopic (exact) mass is 415 g/mol. The van der Waals surface area contributed by atoms with Gasteiger partial charge in [0.1, 0.15) is 5.78 Å². The number of nitrogens with zero attached hydrogens (tertiary/aromatic N) is 1. The van der Waals surface area contributed by atoms with Gasteiger partial charge in [-0.15, -0.1) is 0 Å². The largest absolute Gasteiger partial charge is 0.339 e. The van der Waals surface area contributed by atoms with Crippen LogP contribution in [0.15, 0.2) is 46.6 Å². The Labute approximate surface area is 186 Å². The van der Waals surface area contributed by atoms with E-state index in [1.807, 2.05) is 11.8 Å². The first-order chi connectivity index (χ1) is 14.1. The molecule has 0 heterocycles. The van der Waals surface area contributed by atoms with E-state index in [2.05, 4.69) is 52.0 Å². The molecular formula is C27H45NO2. The molecule has 0 aromatic rings. The maximum absolute atomic E-state index is 11.5. The molecular weight excluding hydrogens is 370 g/mol. The molecule has 0 saturated heterocycles. The Hall–Kier alpha value is -1.90. The number of ketones is 1. The summed E-state index contributed by atoms with van der Waals surface area (Å²) in [6, 6.07) is 0. The van der Waals surface area contributed by atoms with Gasteiger partial charge in [-0.25, -0.2) is 0 Å². The predicted octanol–water partition coefficient (Wildman–Crippen LogP) is 7.35. The minimum Gasteiger partial charge on any atom is -0.339 e. The van der Waals surface area contributed by atoms with E-state index in [1.54, 1.807) is 13.8 Å². The summed E-state index contributed by atoms with van der Waals surface area (Å²) in [7, 11) is 0. The second-order valence-corrected chi connectivity index (χ2v) is 8.59. The molecule has 3 heteroatoms. The van der Waals surface area contributed by atoms with Crippen molar-refractivity contribution in [2.24, 2.45) is 0 Å². The fraction of sp³-hybridized carbons (Fsp3) is 0.630. The van der Waals surface area contributed by atoms with Gasteiger partial charge in [0.2, 0.25) is 5.91 Å².